The molecule has 2 rings (SSSR count). The Labute approximate surface area is 179 Å². The molecule has 0 saturated carbocycles. The molecule has 2 fully saturated rings. The maximum atomic E-state index is 4.97. The second-order valence-corrected chi connectivity index (χ2v) is 8.10. The minimum Gasteiger partial charge on any atom is -0.357 e. The number of hydrogen-bond acceptors (Lipinski definition) is 3. The van der Waals surface area contributed by atoms with Crippen molar-refractivity contribution in [2.45, 2.75) is 53.4 Å². The maximum Gasteiger partial charge on any atom is 0.193 e. The van der Waals surface area contributed by atoms with Crippen molar-refractivity contribution in [1.82, 2.24) is 20.0 Å². The zero-order valence-corrected chi connectivity index (χ0v) is 19.9. The normalized spacial score (nSPS) is 25.8. The Morgan fingerprint density at radius 1 is 1.04 bits per heavy atom. The fraction of sp³-hybridized carbons (Fsp3) is 0.950. The molecule has 2 aliphatic rings. The number of rotatable bonds is 7. The third kappa shape index (κ3) is 7.50. The van der Waals surface area contributed by atoms with E-state index in [1.54, 1.807) is 0 Å². The Bertz CT molecular complexity index is 405. The van der Waals surface area contributed by atoms with E-state index in [-0.39, 0.29) is 24.0 Å². The molecular formula is C20H42IN5. The molecule has 2 heterocycles. The van der Waals surface area contributed by atoms with Gasteiger partial charge in [-0.25, -0.2) is 0 Å². The molecule has 0 radical (unpaired) electrons. The van der Waals surface area contributed by atoms with Crippen LogP contribution in [0.4, 0.5) is 0 Å². The van der Waals surface area contributed by atoms with E-state index in [0.717, 1.165) is 38.7 Å². The first-order chi connectivity index (χ1) is 12.1. The molecule has 154 valence electrons. The Morgan fingerprint density at radius 2 is 1.73 bits per heavy atom. The average molecular weight is 479 g/mol. The zero-order valence-electron chi connectivity index (χ0n) is 17.6. The number of hydrogen-bond donors (Lipinski definition) is 1. The fourth-order valence-electron chi connectivity index (χ4n) is 4.36. The zero-order chi connectivity index (χ0) is 18.1. The maximum absolute atomic E-state index is 4.97. The van der Waals surface area contributed by atoms with Crippen LogP contribution in [-0.2, 0) is 0 Å². The summed E-state index contributed by atoms with van der Waals surface area (Å²) in [7, 11) is 0. The van der Waals surface area contributed by atoms with Gasteiger partial charge in [0.15, 0.2) is 5.96 Å². The Morgan fingerprint density at radius 3 is 2.35 bits per heavy atom. The molecule has 5 nitrogen and oxygen atoms in total. The summed E-state index contributed by atoms with van der Waals surface area (Å²) in [6.07, 6.45) is 5.25. The minimum atomic E-state index is 0. The van der Waals surface area contributed by atoms with Gasteiger partial charge in [-0.2, -0.15) is 0 Å². The van der Waals surface area contributed by atoms with E-state index in [2.05, 4.69) is 47.7 Å². The average Bonchev–Trinajstić information content (AvgIpc) is 2.61. The van der Waals surface area contributed by atoms with Crippen LogP contribution in [0.3, 0.4) is 0 Å². The molecule has 2 aliphatic heterocycles. The third-order valence-electron chi connectivity index (χ3n) is 5.86. The number of likely N-dealkylation sites (tertiary alicyclic amines) is 1. The molecule has 0 aromatic carbocycles. The van der Waals surface area contributed by atoms with Crippen LogP contribution in [-0.4, -0.2) is 86.1 Å². The van der Waals surface area contributed by atoms with E-state index in [4.69, 9.17) is 4.99 Å². The smallest absolute Gasteiger partial charge is 0.193 e. The molecule has 1 atom stereocenters. The second-order valence-electron chi connectivity index (χ2n) is 8.10. The Kier molecular flexibility index (Phi) is 11.4. The van der Waals surface area contributed by atoms with Crippen LogP contribution in [0.2, 0.25) is 0 Å². The number of piperazine rings is 1. The lowest BCUT2D eigenvalue weighted by atomic mass is 9.78. The number of piperidine rings is 1. The lowest BCUT2D eigenvalue weighted by Gasteiger charge is -2.42. The van der Waals surface area contributed by atoms with Crippen LogP contribution in [0.1, 0.15) is 53.4 Å². The van der Waals surface area contributed by atoms with Crippen molar-refractivity contribution in [2.75, 3.05) is 65.4 Å². The molecule has 2 saturated heterocycles. The van der Waals surface area contributed by atoms with E-state index < -0.39 is 0 Å². The molecular weight excluding hydrogens is 437 g/mol. The molecule has 0 aromatic rings. The van der Waals surface area contributed by atoms with Crippen LogP contribution in [0.25, 0.3) is 0 Å². The van der Waals surface area contributed by atoms with Gasteiger partial charge >= 0.3 is 0 Å². The molecule has 1 N–H and O–H groups in total. The van der Waals surface area contributed by atoms with Gasteiger partial charge in [-0.3, -0.25) is 9.89 Å². The topological polar surface area (TPSA) is 34.1 Å². The van der Waals surface area contributed by atoms with Gasteiger partial charge in [0, 0.05) is 52.4 Å². The SMILES string of the molecule is CCCC1(C)CCCN(C(=NCCN2CCN(CC)CC2)NCC)C1.I. The number of halogens is 1. The van der Waals surface area contributed by atoms with Crippen molar-refractivity contribution in [1.29, 1.82) is 0 Å². The summed E-state index contributed by atoms with van der Waals surface area (Å²) in [6.45, 7) is 20.4. The van der Waals surface area contributed by atoms with Crippen molar-refractivity contribution in [3.05, 3.63) is 0 Å². The highest BCUT2D eigenvalue weighted by atomic mass is 127. The first-order valence-corrected chi connectivity index (χ1v) is 10.6. The van der Waals surface area contributed by atoms with Crippen LogP contribution in [0, 0.1) is 5.41 Å². The lowest BCUT2D eigenvalue weighted by Crippen LogP contribution is -2.50. The lowest BCUT2D eigenvalue weighted by molar-refractivity contribution is 0.138. The molecule has 1 unspecified atom stereocenters. The van der Waals surface area contributed by atoms with E-state index >= 15 is 0 Å². The summed E-state index contributed by atoms with van der Waals surface area (Å²) in [6, 6.07) is 0. The van der Waals surface area contributed by atoms with Gasteiger partial charge < -0.3 is 15.1 Å². The van der Waals surface area contributed by atoms with Crippen LogP contribution < -0.4 is 5.32 Å². The Hall–Kier alpha value is -0.0800. The van der Waals surface area contributed by atoms with Gasteiger partial charge in [0.1, 0.15) is 0 Å². The van der Waals surface area contributed by atoms with Gasteiger partial charge in [-0.15, -0.1) is 24.0 Å². The fourth-order valence-corrected chi connectivity index (χ4v) is 4.36. The highest BCUT2D eigenvalue weighted by Gasteiger charge is 2.31. The van der Waals surface area contributed by atoms with E-state index in [0.29, 0.717) is 5.41 Å². The van der Waals surface area contributed by atoms with Crippen LogP contribution in [0.5, 0.6) is 0 Å². The van der Waals surface area contributed by atoms with Crippen molar-refractivity contribution >= 4 is 29.9 Å². The van der Waals surface area contributed by atoms with E-state index in [1.807, 2.05) is 0 Å². The minimum absolute atomic E-state index is 0. The molecule has 0 amide bonds. The van der Waals surface area contributed by atoms with E-state index in [9.17, 15) is 0 Å². The molecule has 0 spiro atoms. The molecule has 0 aromatic heterocycles. The molecule has 0 bridgehead atoms. The standard InChI is InChI=1S/C20H41N5.HI/c1-5-9-20(4)10-8-12-25(18-20)19(21-6-2)22-11-13-24-16-14-23(7-3)15-17-24;/h5-18H2,1-4H3,(H,21,22);1H. The molecule has 26 heavy (non-hydrogen) atoms. The highest BCUT2D eigenvalue weighted by Crippen LogP contribution is 2.33. The van der Waals surface area contributed by atoms with Gasteiger partial charge in [-0.1, -0.05) is 27.2 Å². The van der Waals surface area contributed by atoms with Gasteiger partial charge in [0.25, 0.3) is 0 Å². The first-order valence-electron chi connectivity index (χ1n) is 10.6. The van der Waals surface area contributed by atoms with Crippen molar-refractivity contribution < 1.29 is 0 Å². The van der Waals surface area contributed by atoms with Gasteiger partial charge in [0.2, 0.25) is 0 Å². The summed E-state index contributed by atoms with van der Waals surface area (Å²) >= 11 is 0. The highest BCUT2D eigenvalue weighted by molar-refractivity contribution is 14.0. The third-order valence-corrected chi connectivity index (χ3v) is 5.86. The summed E-state index contributed by atoms with van der Waals surface area (Å²) in [4.78, 5) is 12.6. The summed E-state index contributed by atoms with van der Waals surface area (Å²) in [5, 5.41) is 3.54. The summed E-state index contributed by atoms with van der Waals surface area (Å²) in [5.74, 6) is 1.14. The predicted octanol–water partition coefficient (Wildman–Crippen LogP) is 3.11. The quantitative estimate of drug-likeness (QED) is 0.346. The summed E-state index contributed by atoms with van der Waals surface area (Å²) < 4.78 is 0. The monoisotopic (exact) mass is 479 g/mol. The first kappa shape index (κ1) is 24.0. The predicted molar refractivity (Wildman–Crippen MR) is 124 cm³/mol. The largest absolute Gasteiger partial charge is 0.357 e. The number of aliphatic imine (C=N–C) groups is 1. The number of nitrogens with zero attached hydrogens (tertiary/aromatic N) is 4. The number of guanidine groups is 1. The molecule has 0 aliphatic carbocycles. The van der Waals surface area contributed by atoms with Crippen LogP contribution >= 0.6 is 24.0 Å². The van der Waals surface area contributed by atoms with Crippen LogP contribution in [0.15, 0.2) is 4.99 Å². The van der Waals surface area contributed by atoms with Crippen molar-refractivity contribution in [3.8, 4) is 0 Å². The van der Waals surface area contributed by atoms with Gasteiger partial charge in [0.05, 0.1) is 6.54 Å². The van der Waals surface area contributed by atoms with Gasteiger partial charge in [-0.05, 0) is 38.1 Å². The second kappa shape index (κ2) is 12.4. The Balaban J connectivity index is 0.00000338. The van der Waals surface area contributed by atoms with Crippen molar-refractivity contribution in [2.24, 2.45) is 10.4 Å². The number of nitrogens with one attached hydrogen (secondary N) is 1. The van der Waals surface area contributed by atoms with Crippen molar-refractivity contribution in [3.63, 3.8) is 0 Å². The van der Waals surface area contributed by atoms with E-state index in [1.165, 1.54) is 58.4 Å². The summed E-state index contributed by atoms with van der Waals surface area (Å²) in [5.41, 5.74) is 0.458. The number of likely N-dealkylation sites (N-methyl/N-ethyl adjacent to an activating group) is 1. The molecule has 6 heteroatoms.